The predicted octanol–water partition coefficient (Wildman–Crippen LogP) is 1.89. The molecular weight excluding hydrogens is 288 g/mol. The number of aryl methyl sites for hydroxylation is 1. The van der Waals surface area contributed by atoms with Crippen LogP contribution in [0.5, 0.6) is 0 Å². The Morgan fingerprint density at radius 2 is 1.86 bits per heavy atom. The summed E-state index contributed by atoms with van der Waals surface area (Å²) in [6.45, 7) is 1.90. The van der Waals surface area contributed by atoms with Crippen molar-refractivity contribution in [1.29, 1.82) is 0 Å². The van der Waals surface area contributed by atoms with E-state index in [9.17, 15) is 8.42 Å². The van der Waals surface area contributed by atoms with Crippen LogP contribution in [0.3, 0.4) is 0 Å². The van der Waals surface area contributed by atoms with Crippen LogP contribution in [0.4, 0.5) is 0 Å². The van der Waals surface area contributed by atoms with Crippen LogP contribution in [0.25, 0.3) is 11.4 Å². The predicted molar refractivity (Wildman–Crippen MR) is 77.0 cm³/mol. The molecule has 6 nitrogen and oxygen atoms in total. The Morgan fingerprint density at radius 1 is 1.10 bits per heavy atom. The first-order chi connectivity index (χ1) is 10.1. The average molecular weight is 300 g/mol. The van der Waals surface area contributed by atoms with Gasteiger partial charge in [0.15, 0.2) is 5.82 Å². The molecule has 3 aromatic rings. The second kappa shape index (κ2) is 5.10. The summed E-state index contributed by atoms with van der Waals surface area (Å²) in [7, 11) is -3.72. The van der Waals surface area contributed by atoms with Gasteiger partial charge in [-0.25, -0.2) is 4.98 Å². The van der Waals surface area contributed by atoms with Crippen molar-refractivity contribution in [3.8, 4) is 11.4 Å². The van der Waals surface area contributed by atoms with E-state index in [1.54, 1.807) is 48.8 Å². The maximum atomic E-state index is 12.4. The molecule has 7 heteroatoms. The van der Waals surface area contributed by atoms with Gasteiger partial charge in [-0.1, -0.05) is 17.7 Å². The molecule has 0 spiro atoms. The number of pyridine rings is 1. The summed E-state index contributed by atoms with van der Waals surface area (Å²) in [6.07, 6.45) is 4.40. The van der Waals surface area contributed by atoms with Crippen molar-refractivity contribution in [3.63, 3.8) is 0 Å². The third kappa shape index (κ3) is 2.55. The lowest BCUT2D eigenvalue weighted by Gasteiger charge is -2.03. The van der Waals surface area contributed by atoms with Gasteiger partial charge in [0.2, 0.25) is 0 Å². The maximum Gasteiger partial charge on any atom is 0.284 e. The van der Waals surface area contributed by atoms with E-state index < -0.39 is 10.0 Å². The summed E-state index contributed by atoms with van der Waals surface area (Å²) >= 11 is 0. The summed E-state index contributed by atoms with van der Waals surface area (Å²) in [5.41, 5.74) is 1.65. The van der Waals surface area contributed by atoms with E-state index in [4.69, 9.17) is 0 Å². The molecule has 0 amide bonds. The molecule has 0 fully saturated rings. The number of benzene rings is 1. The number of rotatable bonds is 3. The molecule has 3 rings (SSSR count). The first-order valence-corrected chi connectivity index (χ1v) is 7.66. The highest BCUT2D eigenvalue weighted by Crippen LogP contribution is 2.16. The van der Waals surface area contributed by atoms with Gasteiger partial charge in [-0.3, -0.25) is 4.98 Å². The molecule has 21 heavy (non-hydrogen) atoms. The Hall–Kier alpha value is -2.54. The molecule has 0 unspecified atom stereocenters. The van der Waals surface area contributed by atoms with Crippen LogP contribution < -0.4 is 0 Å². The van der Waals surface area contributed by atoms with Gasteiger partial charge >= 0.3 is 0 Å². The molecule has 0 aliphatic rings. The van der Waals surface area contributed by atoms with Crippen LogP contribution in [0.2, 0.25) is 0 Å². The Labute approximate surface area is 122 Å². The molecule has 0 aliphatic heterocycles. The van der Waals surface area contributed by atoms with E-state index in [1.165, 1.54) is 6.33 Å². The smallest absolute Gasteiger partial charge is 0.264 e. The first kappa shape index (κ1) is 13.4. The molecule has 0 saturated heterocycles. The van der Waals surface area contributed by atoms with Crippen LogP contribution in [0.1, 0.15) is 5.56 Å². The lowest BCUT2D eigenvalue weighted by atomic mass is 10.2. The summed E-state index contributed by atoms with van der Waals surface area (Å²) in [6, 6.07) is 10.1. The SMILES string of the molecule is Cc1ccc(S(=O)(=O)n2cnc(-c3cccnc3)n2)cc1. The van der Waals surface area contributed by atoms with Crippen LogP contribution in [-0.2, 0) is 10.0 Å². The number of aromatic nitrogens is 4. The lowest BCUT2D eigenvalue weighted by Crippen LogP contribution is -2.13. The van der Waals surface area contributed by atoms with Crippen molar-refractivity contribution in [2.75, 3.05) is 0 Å². The molecule has 1 aromatic carbocycles. The fourth-order valence-corrected chi connectivity index (χ4v) is 2.86. The lowest BCUT2D eigenvalue weighted by molar-refractivity contribution is 0.580. The third-order valence-electron chi connectivity index (χ3n) is 2.96. The fourth-order valence-electron chi connectivity index (χ4n) is 1.81. The normalized spacial score (nSPS) is 11.5. The monoisotopic (exact) mass is 300 g/mol. The van der Waals surface area contributed by atoms with Gasteiger partial charge in [-0.2, -0.15) is 8.42 Å². The molecule has 106 valence electrons. The van der Waals surface area contributed by atoms with Crippen LogP contribution in [0.15, 0.2) is 60.0 Å². The average Bonchev–Trinajstić information content (AvgIpc) is 2.99. The molecule has 0 atom stereocenters. The maximum absolute atomic E-state index is 12.4. The van der Waals surface area contributed by atoms with E-state index in [2.05, 4.69) is 15.1 Å². The van der Waals surface area contributed by atoms with E-state index in [1.807, 2.05) is 6.92 Å². The summed E-state index contributed by atoms with van der Waals surface area (Å²) in [5, 5.41) is 4.03. The zero-order chi connectivity index (χ0) is 14.9. The van der Waals surface area contributed by atoms with Crippen LogP contribution >= 0.6 is 0 Å². The molecular formula is C14H12N4O2S. The van der Waals surface area contributed by atoms with Gasteiger partial charge in [-0.15, -0.1) is 9.19 Å². The second-order valence-electron chi connectivity index (χ2n) is 4.50. The zero-order valence-corrected chi connectivity index (χ0v) is 12.0. The standard InChI is InChI=1S/C14H12N4O2S/c1-11-4-6-13(7-5-11)21(19,20)18-10-16-14(17-18)12-3-2-8-15-9-12/h2-10H,1H3. The van der Waals surface area contributed by atoms with E-state index in [0.717, 1.165) is 9.65 Å². The Kier molecular flexibility index (Phi) is 3.26. The minimum absolute atomic E-state index is 0.177. The molecule has 0 saturated carbocycles. The van der Waals surface area contributed by atoms with Gasteiger partial charge in [0.05, 0.1) is 4.90 Å². The molecule has 0 aliphatic carbocycles. The van der Waals surface area contributed by atoms with Gasteiger partial charge in [-0.05, 0) is 31.2 Å². The van der Waals surface area contributed by atoms with Crippen molar-refractivity contribution in [3.05, 3.63) is 60.7 Å². The largest absolute Gasteiger partial charge is 0.284 e. The molecule has 0 bridgehead atoms. The zero-order valence-electron chi connectivity index (χ0n) is 11.2. The highest BCUT2D eigenvalue weighted by Gasteiger charge is 2.19. The molecule has 2 heterocycles. The molecule has 0 radical (unpaired) electrons. The number of nitrogens with zero attached hydrogens (tertiary/aromatic N) is 4. The minimum Gasteiger partial charge on any atom is -0.264 e. The summed E-state index contributed by atoms with van der Waals surface area (Å²) in [4.78, 5) is 8.17. The van der Waals surface area contributed by atoms with Crippen molar-refractivity contribution in [2.45, 2.75) is 11.8 Å². The fraction of sp³-hybridized carbons (Fsp3) is 0.0714. The topological polar surface area (TPSA) is 77.7 Å². The highest BCUT2D eigenvalue weighted by atomic mass is 32.2. The summed E-state index contributed by atoms with van der Waals surface area (Å²) < 4.78 is 25.7. The van der Waals surface area contributed by atoms with Crippen LogP contribution in [0, 0.1) is 6.92 Å². The van der Waals surface area contributed by atoms with Gasteiger partial charge in [0, 0.05) is 18.0 Å². The van der Waals surface area contributed by atoms with Gasteiger partial charge in [0.25, 0.3) is 10.0 Å². The third-order valence-corrected chi connectivity index (χ3v) is 4.49. The first-order valence-electron chi connectivity index (χ1n) is 6.22. The minimum atomic E-state index is -3.72. The second-order valence-corrected chi connectivity index (χ2v) is 6.30. The number of hydrogen-bond acceptors (Lipinski definition) is 5. The van der Waals surface area contributed by atoms with Crippen molar-refractivity contribution in [2.24, 2.45) is 0 Å². The Bertz CT molecular complexity index is 856. The van der Waals surface area contributed by atoms with E-state index in [-0.39, 0.29) is 4.90 Å². The molecule has 2 aromatic heterocycles. The van der Waals surface area contributed by atoms with Crippen molar-refractivity contribution < 1.29 is 8.42 Å². The number of hydrogen-bond donors (Lipinski definition) is 0. The van der Waals surface area contributed by atoms with Gasteiger partial charge in [0.1, 0.15) is 6.33 Å². The quantitative estimate of drug-likeness (QED) is 0.738. The highest BCUT2D eigenvalue weighted by molar-refractivity contribution is 7.89. The Balaban J connectivity index is 2.01. The van der Waals surface area contributed by atoms with Crippen LogP contribution in [-0.4, -0.2) is 27.6 Å². The molecule has 0 N–H and O–H groups in total. The summed E-state index contributed by atoms with van der Waals surface area (Å²) in [5.74, 6) is 0.318. The van der Waals surface area contributed by atoms with Gasteiger partial charge < -0.3 is 0 Å². The van der Waals surface area contributed by atoms with E-state index in [0.29, 0.717) is 11.4 Å². The van der Waals surface area contributed by atoms with Crippen molar-refractivity contribution >= 4 is 10.0 Å². The van der Waals surface area contributed by atoms with Crippen molar-refractivity contribution in [1.82, 2.24) is 19.2 Å². The Morgan fingerprint density at radius 3 is 2.52 bits per heavy atom. The van der Waals surface area contributed by atoms with E-state index >= 15 is 0 Å².